The molecule has 1 amide bonds. The van der Waals surface area contributed by atoms with Crippen molar-refractivity contribution >= 4 is 33.2 Å². The zero-order valence-electron chi connectivity index (χ0n) is 16.4. The summed E-state index contributed by atoms with van der Waals surface area (Å²) in [6, 6.07) is 18.5. The molecule has 3 aromatic rings. The molecule has 6 heteroatoms. The third kappa shape index (κ3) is 3.95. The van der Waals surface area contributed by atoms with E-state index >= 15 is 0 Å². The Kier molecular flexibility index (Phi) is 5.12. The summed E-state index contributed by atoms with van der Waals surface area (Å²) in [5, 5.41) is 7.51. The van der Waals surface area contributed by atoms with Gasteiger partial charge < -0.3 is 4.90 Å². The molecular weight excluding hydrogens is 380 g/mol. The quantitative estimate of drug-likeness (QED) is 0.726. The molecule has 1 fully saturated rings. The lowest BCUT2D eigenvalue weighted by molar-refractivity contribution is -0.898. The van der Waals surface area contributed by atoms with Gasteiger partial charge in [-0.25, -0.2) is 9.99 Å². The van der Waals surface area contributed by atoms with Crippen LogP contribution in [0.4, 0.5) is 0 Å². The number of quaternary nitrogens is 1. The molecule has 0 bridgehead atoms. The molecule has 5 rings (SSSR count). The molecule has 1 N–H and O–H groups in total. The molecule has 0 radical (unpaired) electrons. The lowest BCUT2D eigenvalue weighted by Gasteiger charge is -2.29. The van der Waals surface area contributed by atoms with E-state index in [0.717, 1.165) is 49.1 Å². The van der Waals surface area contributed by atoms with Crippen molar-refractivity contribution in [3.63, 3.8) is 0 Å². The van der Waals surface area contributed by atoms with Crippen molar-refractivity contribution in [2.24, 2.45) is 5.10 Å². The highest BCUT2D eigenvalue weighted by atomic mass is 32.1. The number of hydrogen-bond donors (Lipinski definition) is 1. The summed E-state index contributed by atoms with van der Waals surface area (Å²) in [7, 11) is 0. The number of fused-ring (bicyclic) bond motifs is 1. The normalized spacial score (nSPS) is 22.1. The molecule has 3 heterocycles. The van der Waals surface area contributed by atoms with E-state index in [9.17, 15) is 4.79 Å². The molecular formula is C23H25N4OS+. The third-order valence-electron chi connectivity index (χ3n) is 5.88. The van der Waals surface area contributed by atoms with E-state index in [2.05, 4.69) is 35.4 Å². The van der Waals surface area contributed by atoms with Gasteiger partial charge in [0.2, 0.25) is 0 Å². The molecule has 0 spiro atoms. The Morgan fingerprint density at radius 2 is 1.97 bits per heavy atom. The Morgan fingerprint density at radius 1 is 1.14 bits per heavy atom. The van der Waals surface area contributed by atoms with Gasteiger partial charge in [0.1, 0.15) is 5.01 Å². The zero-order chi connectivity index (χ0) is 19.6. The fraction of sp³-hybridized carbons (Fsp3) is 0.348. The monoisotopic (exact) mass is 405 g/mol. The van der Waals surface area contributed by atoms with Gasteiger partial charge in [0.15, 0.2) is 6.54 Å². The number of para-hydroxylation sites is 1. The number of carbonyl (C=O) groups is 1. The van der Waals surface area contributed by atoms with E-state index in [1.165, 1.54) is 14.6 Å². The molecule has 148 valence electrons. The van der Waals surface area contributed by atoms with E-state index in [4.69, 9.17) is 4.98 Å². The minimum absolute atomic E-state index is 0.135. The SMILES string of the molecule is O=C(C[NH+]1CCC[C@H](c2nc3ccccc3s2)C1)N1CCC(c2ccccc2)=N1. The summed E-state index contributed by atoms with van der Waals surface area (Å²) in [5.74, 6) is 0.585. The summed E-state index contributed by atoms with van der Waals surface area (Å²) < 4.78 is 1.26. The Morgan fingerprint density at radius 3 is 2.83 bits per heavy atom. The first kappa shape index (κ1) is 18.5. The van der Waals surface area contributed by atoms with Crippen LogP contribution in [0.3, 0.4) is 0 Å². The minimum Gasteiger partial charge on any atom is -0.327 e. The smallest absolute Gasteiger partial charge is 0.297 e. The lowest BCUT2D eigenvalue weighted by Crippen LogP contribution is -3.14. The van der Waals surface area contributed by atoms with E-state index in [-0.39, 0.29) is 5.91 Å². The van der Waals surface area contributed by atoms with E-state index in [1.807, 2.05) is 24.3 Å². The van der Waals surface area contributed by atoms with Crippen LogP contribution < -0.4 is 4.90 Å². The first-order chi connectivity index (χ1) is 14.3. The lowest BCUT2D eigenvalue weighted by atomic mass is 9.99. The second-order valence-corrected chi connectivity index (χ2v) is 8.98. The zero-order valence-corrected chi connectivity index (χ0v) is 17.2. The number of thiazole rings is 1. The van der Waals surface area contributed by atoms with Gasteiger partial charge in [-0.1, -0.05) is 42.5 Å². The van der Waals surface area contributed by atoms with Gasteiger partial charge in [0.05, 0.1) is 41.5 Å². The van der Waals surface area contributed by atoms with Crippen LogP contribution in [0.25, 0.3) is 10.2 Å². The van der Waals surface area contributed by atoms with Crippen LogP contribution >= 0.6 is 11.3 Å². The first-order valence-corrected chi connectivity index (χ1v) is 11.2. The first-order valence-electron chi connectivity index (χ1n) is 10.4. The number of benzene rings is 2. The summed E-state index contributed by atoms with van der Waals surface area (Å²) in [4.78, 5) is 19.1. The predicted octanol–water partition coefficient (Wildman–Crippen LogP) is 2.70. The summed E-state index contributed by atoms with van der Waals surface area (Å²) in [6.07, 6.45) is 3.14. The van der Waals surface area contributed by atoms with Gasteiger partial charge in [-0.05, 0) is 30.5 Å². The Balaban J connectivity index is 1.23. The van der Waals surface area contributed by atoms with Gasteiger partial charge >= 0.3 is 0 Å². The second-order valence-electron chi connectivity index (χ2n) is 7.92. The maximum Gasteiger partial charge on any atom is 0.297 e. The van der Waals surface area contributed by atoms with Crippen molar-refractivity contribution in [2.75, 3.05) is 26.2 Å². The van der Waals surface area contributed by atoms with Crippen molar-refractivity contribution in [1.82, 2.24) is 9.99 Å². The number of amides is 1. The maximum atomic E-state index is 12.9. The van der Waals surface area contributed by atoms with Gasteiger partial charge in [-0.2, -0.15) is 5.10 Å². The number of aromatic nitrogens is 1. The van der Waals surface area contributed by atoms with Crippen LogP contribution in [-0.4, -0.2) is 47.8 Å². The van der Waals surface area contributed by atoms with Crippen molar-refractivity contribution < 1.29 is 9.69 Å². The summed E-state index contributed by atoms with van der Waals surface area (Å²) in [5.41, 5.74) is 3.22. The van der Waals surface area contributed by atoms with E-state index in [1.54, 1.807) is 16.3 Å². The highest BCUT2D eigenvalue weighted by Gasteiger charge is 2.31. The van der Waals surface area contributed by atoms with Crippen molar-refractivity contribution in [1.29, 1.82) is 0 Å². The standard InChI is InChI=1S/C23H24N4OS/c28-22(27-14-12-19(25-27)17-7-2-1-3-8-17)16-26-13-6-9-18(15-26)23-24-20-10-4-5-11-21(20)29-23/h1-5,7-8,10-11,18H,6,9,12-16H2/p+1/t18-/m0/s1. The number of hydrogen-bond acceptors (Lipinski definition) is 4. The predicted molar refractivity (Wildman–Crippen MR) is 116 cm³/mol. The van der Waals surface area contributed by atoms with Gasteiger partial charge in [0.25, 0.3) is 5.91 Å². The third-order valence-corrected chi connectivity index (χ3v) is 7.07. The maximum absolute atomic E-state index is 12.9. The summed E-state index contributed by atoms with van der Waals surface area (Å²) >= 11 is 1.81. The highest BCUT2D eigenvalue weighted by molar-refractivity contribution is 7.18. The molecule has 1 saturated heterocycles. The summed E-state index contributed by atoms with van der Waals surface area (Å²) in [6.45, 7) is 3.25. The molecule has 2 atom stereocenters. The van der Waals surface area contributed by atoms with Crippen LogP contribution in [0.15, 0.2) is 59.7 Å². The van der Waals surface area contributed by atoms with Crippen LogP contribution in [0.1, 0.15) is 35.8 Å². The average molecular weight is 406 g/mol. The van der Waals surface area contributed by atoms with Crippen LogP contribution in [0.5, 0.6) is 0 Å². The van der Waals surface area contributed by atoms with Gasteiger partial charge in [-0.3, -0.25) is 4.79 Å². The molecule has 5 nitrogen and oxygen atoms in total. The van der Waals surface area contributed by atoms with Gasteiger partial charge in [0, 0.05) is 6.42 Å². The number of nitrogens with one attached hydrogen (secondary N) is 1. The molecule has 0 aliphatic carbocycles. The van der Waals surface area contributed by atoms with Crippen LogP contribution in [-0.2, 0) is 4.79 Å². The molecule has 1 aromatic heterocycles. The van der Waals surface area contributed by atoms with Crippen LogP contribution in [0, 0.1) is 0 Å². The molecule has 1 unspecified atom stereocenters. The van der Waals surface area contributed by atoms with Gasteiger partial charge in [-0.15, -0.1) is 11.3 Å². The molecule has 2 aliphatic heterocycles. The fourth-order valence-corrected chi connectivity index (χ4v) is 5.46. The number of piperidine rings is 1. The molecule has 2 aromatic carbocycles. The fourth-order valence-electron chi connectivity index (χ4n) is 4.36. The van der Waals surface area contributed by atoms with E-state index < -0.39 is 0 Å². The van der Waals surface area contributed by atoms with Crippen molar-refractivity contribution in [3.05, 3.63) is 65.2 Å². The Bertz CT molecular complexity index is 1010. The highest BCUT2D eigenvalue weighted by Crippen LogP contribution is 2.30. The number of rotatable bonds is 4. The van der Waals surface area contributed by atoms with Crippen LogP contribution in [0.2, 0.25) is 0 Å². The number of carbonyl (C=O) groups excluding carboxylic acids is 1. The largest absolute Gasteiger partial charge is 0.327 e. The Hall–Kier alpha value is -2.57. The second kappa shape index (κ2) is 8.05. The Labute approximate surface area is 174 Å². The minimum atomic E-state index is 0.135. The topological polar surface area (TPSA) is 50.0 Å². The number of nitrogens with zero attached hydrogens (tertiary/aromatic N) is 3. The number of likely N-dealkylation sites (tertiary alicyclic amines) is 1. The number of hydrazone groups is 1. The van der Waals surface area contributed by atoms with Crippen molar-refractivity contribution in [3.8, 4) is 0 Å². The molecule has 29 heavy (non-hydrogen) atoms. The average Bonchev–Trinajstić information content (AvgIpc) is 3.42. The van der Waals surface area contributed by atoms with Crippen molar-refractivity contribution in [2.45, 2.75) is 25.2 Å². The van der Waals surface area contributed by atoms with E-state index in [0.29, 0.717) is 19.0 Å². The molecule has 0 saturated carbocycles. The molecule has 2 aliphatic rings.